The predicted molar refractivity (Wildman–Crippen MR) is 126 cm³/mol. The van der Waals surface area contributed by atoms with Gasteiger partial charge in [0, 0.05) is 17.5 Å². The smallest absolute Gasteiger partial charge is 0.340 e. The van der Waals surface area contributed by atoms with Crippen molar-refractivity contribution in [3.05, 3.63) is 111 Å². The monoisotopic (exact) mass is 467 g/mol. The number of non-ortho nitro benzene ring substituents is 1. The third kappa shape index (κ3) is 3.68. The van der Waals surface area contributed by atoms with Crippen molar-refractivity contribution in [1.29, 1.82) is 0 Å². The van der Waals surface area contributed by atoms with Crippen LogP contribution in [-0.2, 0) is 11.3 Å². The van der Waals surface area contributed by atoms with E-state index in [0.717, 1.165) is 4.90 Å². The number of carbonyl (C=O) groups excluding carboxylic acids is 3. The van der Waals surface area contributed by atoms with Crippen LogP contribution in [0.3, 0.4) is 0 Å². The number of esters is 1. The number of amides is 2. The van der Waals surface area contributed by atoms with Crippen molar-refractivity contribution < 1.29 is 24.0 Å². The number of nitro groups is 1. The fraction of sp³-hybridized carbons (Fsp3) is 0.0769. The number of anilines is 1. The Kier molecular flexibility index (Phi) is 5.29. The average Bonchev–Trinajstić information content (AvgIpc) is 3.13. The molecule has 2 amide bonds. The van der Waals surface area contributed by atoms with Crippen LogP contribution in [0.25, 0.3) is 10.9 Å². The topological polar surface area (TPSA) is 120 Å². The lowest BCUT2D eigenvalue weighted by atomic mass is 10.0. The first-order valence-electron chi connectivity index (χ1n) is 10.6. The molecule has 0 saturated carbocycles. The zero-order chi connectivity index (χ0) is 24.7. The Bertz CT molecular complexity index is 1560. The molecule has 0 atom stereocenters. The van der Waals surface area contributed by atoms with Crippen LogP contribution in [0.4, 0.5) is 11.4 Å². The molecule has 1 aromatic heterocycles. The summed E-state index contributed by atoms with van der Waals surface area (Å²) in [6.45, 7) is 1.45. The molecule has 172 valence electrons. The highest BCUT2D eigenvalue weighted by molar-refractivity contribution is 6.38. The van der Waals surface area contributed by atoms with Gasteiger partial charge in [0.1, 0.15) is 6.61 Å². The van der Waals surface area contributed by atoms with E-state index in [-0.39, 0.29) is 34.7 Å². The molecule has 3 aromatic carbocycles. The number of para-hydroxylation sites is 2. The number of imide groups is 1. The number of hydrogen-bond donors (Lipinski definition) is 0. The Hall–Kier alpha value is -4.92. The molecule has 35 heavy (non-hydrogen) atoms. The van der Waals surface area contributed by atoms with Crippen LogP contribution in [-0.4, -0.2) is 27.7 Å². The predicted octanol–water partition coefficient (Wildman–Crippen LogP) is 4.61. The van der Waals surface area contributed by atoms with E-state index in [4.69, 9.17) is 4.74 Å². The number of aryl methyl sites for hydroxylation is 1. The summed E-state index contributed by atoms with van der Waals surface area (Å²) in [6, 6.07) is 18.9. The Morgan fingerprint density at radius 2 is 1.69 bits per heavy atom. The molecule has 0 fully saturated rings. The van der Waals surface area contributed by atoms with E-state index in [0.29, 0.717) is 22.2 Å². The molecule has 0 bridgehead atoms. The van der Waals surface area contributed by atoms with Crippen LogP contribution in [0.2, 0.25) is 0 Å². The first-order valence-corrected chi connectivity index (χ1v) is 10.6. The number of rotatable bonds is 5. The number of carbonyl (C=O) groups is 3. The minimum absolute atomic E-state index is 0.0161. The number of hydrogen-bond acceptors (Lipinski definition) is 7. The fourth-order valence-electron chi connectivity index (χ4n) is 4.18. The van der Waals surface area contributed by atoms with Crippen molar-refractivity contribution in [3.8, 4) is 0 Å². The maximum Gasteiger partial charge on any atom is 0.340 e. The van der Waals surface area contributed by atoms with Crippen LogP contribution in [0.5, 0.6) is 0 Å². The molecule has 1 aliphatic heterocycles. The van der Waals surface area contributed by atoms with Crippen LogP contribution < -0.4 is 4.90 Å². The lowest BCUT2D eigenvalue weighted by molar-refractivity contribution is -0.384. The molecule has 0 saturated heterocycles. The standard InChI is InChI=1S/C26H17N3O6/c1-15-22-23(18-9-2-4-11-20(18)27-15)25(31)28(24(22)30)21-12-5-3-10-19(21)26(32)35-14-16-7-6-8-17(13-16)29(33)34/h2-13H,14H2,1H3. The Labute approximate surface area is 198 Å². The maximum atomic E-state index is 13.5. The molecule has 4 aromatic rings. The average molecular weight is 467 g/mol. The van der Waals surface area contributed by atoms with Crippen molar-refractivity contribution in [3.63, 3.8) is 0 Å². The van der Waals surface area contributed by atoms with Gasteiger partial charge in [0.05, 0.1) is 38.5 Å². The number of ether oxygens (including phenoxy) is 1. The first-order chi connectivity index (χ1) is 16.9. The van der Waals surface area contributed by atoms with Gasteiger partial charge in [-0.1, -0.05) is 42.5 Å². The lowest BCUT2D eigenvalue weighted by Gasteiger charge is -2.17. The third-order valence-corrected chi connectivity index (χ3v) is 5.76. The number of aromatic nitrogens is 1. The van der Waals surface area contributed by atoms with E-state index in [9.17, 15) is 24.5 Å². The van der Waals surface area contributed by atoms with Crippen LogP contribution >= 0.6 is 0 Å². The van der Waals surface area contributed by atoms with Gasteiger partial charge in [-0.25, -0.2) is 9.69 Å². The minimum atomic E-state index is -0.775. The summed E-state index contributed by atoms with van der Waals surface area (Å²) < 4.78 is 5.37. The molecule has 5 rings (SSSR count). The van der Waals surface area contributed by atoms with Gasteiger partial charge in [0.2, 0.25) is 0 Å². The molecule has 0 unspecified atom stereocenters. The van der Waals surface area contributed by atoms with E-state index < -0.39 is 22.7 Å². The van der Waals surface area contributed by atoms with E-state index >= 15 is 0 Å². The number of nitro benzene ring substituents is 1. The van der Waals surface area contributed by atoms with Gasteiger partial charge in [-0.2, -0.15) is 0 Å². The van der Waals surface area contributed by atoms with Gasteiger partial charge >= 0.3 is 5.97 Å². The second-order valence-electron chi connectivity index (χ2n) is 7.93. The van der Waals surface area contributed by atoms with Crippen molar-refractivity contribution in [2.24, 2.45) is 0 Å². The highest BCUT2D eigenvalue weighted by atomic mass is 16.6. The summed E-state index contributed by atoms with van der Waals surface area (Å²) >= 11 is 0. The zero-order valence-corrected chi connectivity index (χ0v) is 18.4. The van der Waals surface area contributed by atoms with Crippen molar-refractivity contribution in [2.75, 3.05) is 4.90 Å². The Balaban J connectivity index is 1.49. The van der Waals surface area contributed by atoms with E-state index in [1.165, 1.54) is 30.3 Å². The SMILES string of the molecule is Cc1nc2ccccc2c2c1C(=O)N(c1ccccc1C(=O)OCc1cccc([N+](=O)[O-])c1)C2=O. The summed E-state index contributed by atoms with van der Waals surface area (Å²) in [6.07, 6.45) is 0. The second kappa shape index (κ2) is 8.45. The molecule has 1 aliphatic rings. The normalized spacial score (nSPS) is 12.7. The molecule has 9 heteroatoms. The highest BCUT2D eigenvalue weighted by Gasteiger charge is 2.41. The first kappa shape index (κ1) is 21.9. The quantitative estimate of drug-likeness (QED) is 0.182. The van der Waals surface area contributed by atoms with Crippen LogP contribution in [0, 0.1) is 17.0 Å². The summed E-state index contributed by atoms with van der Waals surface area (Å²) in [4.78, 5) is 55.7. The number of nitrogens with zero attached hydrogens (tertiary/aromatic N) is 3. The molecular formula is C26H17N3O6. The van der Waals surface area contributed by atoms with Crippen molar-refractivity contribution in [1.82, 2.24) is 4.98 Å². The van der Waals surface area contributed by atoms with Crippen LogP contribution in [0.1, 0.15) is 42.3 Å². The largest absolute Gasteiger partial charge is 0.457 e. The van der Waals surface area contributed by atoms with Gasteiger partial charge in [0.15, 0.2) is 0 Å². The number of fused-ring (bicyclic) bond motifs is 3. The number of pyridine rings is 1. The Morgan fingerprint density at radius 3 is 2.49 bits per heavy atom. The maximum absolute atomic E-state index is 13.5. The third-order valence-electron chi connectivity index (χ3n) is 5.76. The second-order valence-corrected chi connectivity index (χ2v) is 7.93. The number of benzene rings is 3. The van der Waals surface area contributed by atoms with Crippen LogP contribution in [0.15, 0.2) is 72.8 Å². The van der Waals surface area contributed by atoms with Gasteiger partial charge in [-0.3, -0.25) is 24.7 Å². The molecule has 2 heterocycles. The molecule has 0 spiro atoms. The van der Waals surface area contributed by atoms with E-state index in [2.05, 4.69) is 4.98 Å². The molecule has 0 radical (unpaired) electrons. The highest BCUT2D eigenvalue weighted by Crippen LogP contribution is 2.35. The molecule has 0 aliphatic carbocycles. The Morgan fingerprint density at radius 1 is 0.971 bits per heavy atom. The van der Waals surface area contributed by atoms with E-state index in [1.807, 2.05) is 0 Å². The van der Waals surface area contributed by atoms with E-state index in [1.54, 1.807) is 49.4 Å². The molecular weight excluding hydrogens is 450 g/mol. The van der Waals surface area contributed by atoms with Gasteiger partial charge in [-0.15, -0.1) is 0 Å². The summed E-state index contributed by atoms with van der Waals surface area (Å²) in [5.74, 6) is -1.89. The molecule has 9 nitrogen and oxygen atoms in total. The fourth-order valence-corrected chi connectivity index (χ4v) is 4.18. The summed E-state index contributed by atoms with van der Waals surface area (Å²) in [7, 11) is 0. The summed E-state index contributed by atoms with van der Waals surface area (Å²) in [5.41, 5.74) is 1.88. The van der Waals surface area contributed by atoms with Gasteiger partial charge in [-0.05, 0) is 30.7 Å². The van der Waals surface area contributed by atoms with Gasteiger partial charge < -0.3 is 4.74 Å². The van der Waals surface area contributed by atoms with Crippen molar-refractivity contribution >= 4 is 40.1 Å². The zero-order valence-electron chi connectivity index (χ0n) is 18.4. The summed E-state index contributed by atoms with van der Waals surface area (Å²) in [5, 5.41) is 11.5. The van der Waals surface area contributed by atoms with Crippen molar-refractivity contribution in [2.45, 2.75) is 13.5 Å². The van der Waals surface area contributed by atoms with Gasteiger partial charge in [0.25, 0.3) is 17.5 Å². The minimum Gasteiger partial charge on any atom is -0.457 e. The molecule has 0 N–H and O–H groups in total. The lowest BCUT2D eigenvalue weighted by Crippen LogP contribution is -2.31.